The van der Waals surface area contributed by atoms with E-state index in [4.69, 9.17) is 9.97 Å². The Labute approximate surface area is 200 Å². The monoisotopic (exact) mass is 535 g/mol. The molecule has 160 valence electrons. The summed E-state index contributed by atoms with van der Waals surface area (Å²) in [6.07, 6.45) is 3.51. The second-order valence-electron chi connectivity index (χ2n) is 7.76. The molecule has 0 radical (unpaired) electrons. The average Bonchev–Trinajstić information content (AvgIpc) is 3.42. The molecule has 5 rings (SSSR count). The molecule has 1 N–H and O–H groups in total. The molecule has 0 unspecified atom stereocenters. The van der Waals surface area contributed by atoms with E-state index in [0.29, 0.717) is 6.54 Å². The normalized spacial score (nSPS) is 11.5. The Hall–Kier alpha value is -3.11. The van der Waals surface area contributed by atoms with Crippen LogP contribution < -0.4 is 0 Å². The number of halogens is 1. The Morgan fingerprint density at radius 1 is 0.969 bits per heavy atom. The molecule has 0 spiro atoms. The minimum atomic E-state index is 0.680. The zero-order chi connectivity index (χ0) is 22.1. The number of fused-ring (bicyclic) bond motifs is 1. The molecule has 0 aliphatic heterocycles. The number of imidazole rings is 1. The highest BCUT2D eigenvalue weighted by atomic mass is 127. The van der Waals surface area contributed by atoms with E-state index in [1.807, 2.05) is 43.5 Å². The van der Waals surface area contributed by atoms with E-state index < -0.39 is 0 Å². The first-order valence-electron chi connectivity index (χ1n) is 10.3. The van der Waals surface area contributed by atoms with Gasteiger partial charge in [-0.3, -0.25) is 4.98 Å². The van der Waals surface area contributed by atoms with E-state index in [0.717, 1.165) is 46.4 Å². The highest BCUT2D eigenvalue weighted by Gasteiger charge is 2.18. The molecule has 7 nitrogen and oxygen atoms in total. The number of hydrogen-bond acceptors (Lipinski definition) is 5. The fourth-order valence-corrected chi connectivity index (χ4v) is 4.41. The maximum absolute atomic E-state index is 4.98. The smallest absolute Gasteiger partial charge is 0.155 e. The van der Waals surface area contributed by atoms with Gasteiger partial charge < -0.3 is 4.98 Å². The van der Waals surface area contributed by atoms with Gasteiger partial charge in [-0.2, -0.15) is 5.10 Å². The van der Waals surface area contributed by atoms with Crippen LogP contribution in [0.3, 0.4) is 0 Å². The van der Waals surface area contributed by atoms with Crippen molar-refractivity contribution in [3.63, 3.8) is 0 Å². The largest absolute Gasteiger partial charge is 0.339 e. The highest BCUT2D eigenvalue weighted by molar-refractivity contribution is 14.1. The lowest BCUT2D eigenvalue weighted by Crippen LogP contribution is -2.12. The van der Waals surface area contributed by atoms with Crippen molar-refractivity contribution >= 4 is 28.5 Å². The summed E-state index contributed by atoms with van der Waals surface area (Å²) in [7, 11) is 0. The zero-order valence-electron chi connectivity index (χ0n) is 17.8. The van der Waals surface area contributed by atoms with Gasteiger partial charge >= 0.3 is 0 Å². The number of hydrogen-bond donors (Lipinski definition) is 1. The second kappa shape index (κ2) is 8.79. The molecule has 32 heavy (non-hydrogen) atoms. The van der Waals surface area contributed by atoms with Crippen LogP contribution in [0.4, 0.5) is 0 Å². The third-order valence-electron chi connectivity index (χ3n) is 5.37. The summed E-state index contributed by atoms with van der Waals surface area (Å²) in [5.74, 6) is 0.889. The Balaban J connectivity index is 1.51. The van der Waals surface area contributed by atoms with E-state index in [9.17, 15) is 0 Å². The first-order valence-corrected chi connectivity index (χ1v) is 11.3. The predicted molar refractivity (Wildman–Crippen MR) is 133 cm³/mol. The number of aromatic nitrogens is 6. The topological polar surface area (TPSA) is 75.0 Å². The molecule has 0 saturated heterocycles. The number of nitrogens with one attached hydrogen (secondary N) is 1. The van der Waals surface area contributed by atoms with Gasteiger partial charge in [-0.15, -0.1) is 0 Å². The molecule has 4 aromatic heterocycles. The van der Waals surface area contributed by atoms with Crippen molar-refractivity contribution in [1.82, 2.24) is 32.7 Å². The molecule has 0 amide bonds. The average molecular weight is 535 g/mol. The lowest BCUT2D eigenvalue weighted by molar-refractivity contribution is 0.488. The van der Waals surface area contributed by atoms with Gasteiger partial charge in [0.1, 0.15) is 12.2 Å². The predicted octanol–water partition coefficient (Wildman–Crippen LogP) is 5.15. The number of aryl methyl sites for hydroxylation is 2. The summed E-state index contributed by atoms with van der Waals surface area (Å²) >= 11 is 2.37. The lowest BCUT2D eigenvalue weighted by atomic mass is 10.1. The standard InChI is InChI=1S/C24H22IN7/c1-16-6-3-4-8-18(16)12-31(25)14-21-29-23(19-10-11-22-26-15-27-32(22)13-19)24(30-21)20-9-5-7-17(2)28-20/h3-11,13,15H,12,14H2,1-2H3,(H,29,30). The third kappa shape index (κ3) is 4.28. The van der Waals surface area contributed by atoms with Gasteiger partial charge in [0.15, 0.2) is 5.65 Å². The Morgan fingerprint density at radius 3 is 2.69 bits per heavy atom. The highest BCUT2D eigenvalue weighted by Crippen LogP contribution is 2.30. The maximum atomic E-state index is 4.98. The Bertz CT molecular complexity index is 1390. The summed E-state index contributed by atoms with van der Waals surface area (Å²) in [6, 6.07) is 18.5. The SMILES string of the molecule is Cc1cccc(-c2[nH]c(CN(I)Cc3ccccc3C)nc2-c2ccc3ncnn3c2)n1. The van der Waals surface area contributed by atoms with Crippen LogP contribution in [-0.4, -0.2) is 32.7 Å². The van der Waals surface area contributed by atoms with Gasteiger partial charge in [-0.05, 0) is 49.2 Å². The minimum absolute atomic E-state index is 0.680. The lowest BCUT2D eigenvalue weighted by Gasteiger charge is -2.14. The van der Waals surface area contributed by atoms with Crippen molar-refractivity contribution in [3.05, 3.63) is 89.8 Å². The van der Waals surface area contributed by atoms with Crippen LogP contribution in [0.25, 0.3) is 28.3 Å². The summed E-state index contributed by atoms with van der Waals surface area (Å²) in [5, 5.41) is 4.27. The molecule has 0 fully saturated rings. The van der Waals surface area contributed by atoms with E-state index in [-0.39, 0.29) is 0 Å². The molecular formula is C24H22IN7. The number of rotatable bonds is 6. The molecular weight excluding hydrogens is 513 g/mol. The minimum Gasteiger partial charge on any atom is -0.339 e. The number of pyridine rings is 2. The summed E-state index contributed by atoms with van der Waals surface area (Å²) in [4.78, 5) is 17.5. The number of nitrogens with zero attached hydrogens (tertiary/aromatic N) is 6. The number of H-pyrrole nitrogens is 1. The van der Waals surface area contributed by atoms with Crippen molar-refractivity contribution in [1.29, 1.82) is 0 Å². The first-order chi connectivity index (χ1) is 15.6. The van der Waals surface area contributed by atoms with Crippen LogP contribution in [0.15, 0.2) is 67.1 Å². The van der Waals surface area contributed by atoms with Gasteiger partial charge in [0.25, 0.3) is 0 Å². The molecule has 0 saturated carbocycles. The third-order valence-corrected chi connectivity index (χ3v) is 6.05. The molecule has 0 bridgehead atoms. The molecule has 4 heterocycles. The molecule has 1 aromatic carbocycles. The Kier molecular flexibility index (Phi) is 5.71. The first kappa shape index (κ1) is 20.8. The Morgan fingerprint density at radius 2 is 1.84 bits per heavy atom. The van der Waals surface area contributed by atoms with Gasteiger partial charge in [-0.25, -0.2) is 17.6 Å². The van der Waals surface area contributed by atoms with Crippen molar-refractivity contribution in [3.8, 4) is 22.6 Å². The number of aromatic amines is 1. The van der Waals surface area contributed by atoms with Crippen LogP contribution in [-0.2, 0) is 13.1 Å². The van der Waals surface area contributed by atoms with Crippen molar-refractivity contribution in [2.75, 3.05) is 0 Å². The molecule has 0 atom stereocenters. The van der Waals surface area contributed by atoms with Gasteiger partial charge in [0, 0.05) is 46.9 Å². The fourth-order valence-electron chi connectivity index (χ4n) is 3.72. The summed E-state index contributed by atoms with van der Waals surface area (Å²) in [5.41, 5.74) is 7.97. The van der Waals surface area contributed by atoms with Gasteiger partial charge in [0.2, 0.25) is 0 Å². The van der Waals surface area contributed by atoms with Crippen molar-refractivity contribution in [2.24, 2.45) is 0 Å². The van der Waals surface area contributed by atoms with Crippen LogP contribution in [0.1, 0.15) is 22.6 Å². The van der Waals surface area contributed by atoms with E-state index in [2.05, 4.69) is 72.2 Å². The molecule has 5 aromatic rings. The maximum Gasteiger partial charge on any atom is 0.155 e. The van der Waals surface area contributed by atoms with E-state index in [1.165, 1.54) is 11.1 Å². The van der Waals surface area contributed by atoms with Crippen molar-refractivity contribution < 1.29 is 0 Å². The van der Waals surface area contributed by atoms with Crippen LogP contribution in [0.2, 0.25) is 0 Å². The van der Waals surface area contributed by atoms with E-state index in [1.54, 1.807) is 10.8 Å². The van der Waals surface area contributed by atoms with Gasteiger partial charge in [0.05, 0.1) is 23.6 Å². The molecule has 0 aliphatic rings. The zero-order valence-corrected chi connectivity index (χ0v) is 20.0. The molecule has 0 aliphatic carbocycles. The fraction of sp³-hybridized carbons (Fsp3) is 0.167. The van der Waals surface area contributed by atoms with Crippen LogP contribution >= 0.6 is 22.9 Å². The summed E-state index contributed by atoms with van der Waals surface area (Å²) in [6.45, 7) is 5.66. The van der Waals surface area contributed by atoms with E-state index >= 15 is 0 Å². The quantitative estimate of drug-likeness (QED) is 0.241. The summed E-state index contributed by atoms with van der Waals surface area (Å²) < 4.78 is 4.00. The van der Waals surface area contributed by atoms with Crippen molar-refractivity contribution in [2.45, 2.75) is 26.9 Å². The van der Waals surface area contributed by atoms with Crippen LogP contribution in [0.5, 0.6) is 0 Å². The second-order valence-corrected chi connectivity index (χ2v) is 9.12. The van der Waals surface area contributed by atoms with Gasteiger partial charge in [-0.1, -0.05) is 30.3 Å². The number of benzene rings is 1. The molecule has 8 heteroatoms. The van der Waals surface area contributed by atoms with Crippen LogP contribution in [0, 0.1) is 13.8 Å².